The topological polar surface area (TPSA) is 65.9 Å². The lowest BCUT2D eigenvalue weighted by molar-refractivity contribution is 0.0788. The average molecular weight is 465 g/mol. The van der Waals surface area contributed by atoms with Crippen LogP contribution in [0.25, 0.3) is 0 Å². The van der Waals surface area contributed by atoms with Crippen molar-refractivity contribution in [2.24, 2.45) is 7.05 Å². The zero-order valence-electron chi connectivity index (χ0n) is 18.3. The molecule has 0 unspecified atom stereocenters. The van der Waals surface area contributed by atoms with E-state index in [1.165, 1.54) is 4.31 Å². The molecule has 2 saturated heterocycles. The van der Waals surface area contributed by atoms with Crippen molar-refractivity contribution in [1.82, 2.24) is 13.8 Å². The van der Waals surface area contributed by atoms with Crippen LogP contribution in [0.5, 0.6) is 0 Å². The summed E-state index contributed by atoms with van der Waals surface area (Å²) in [6, 6.07) is 7.59. The zero-order valence-corrected chi connectivity index (χ0v) is 19.8. The van der Waals surface area contributed by atoms with Gasteiger partial charge in [-0.2, -0.15) is 4.31 Å². The first kappa shape index (κ1) is 22.2. The molecule has 31 heavy (non-hydrogen) atoms. The number of sulfonamides is 1. The first-order chi connectivity index (χ1) is 14.7. The molecule has 0 aliphatic carbocycles. The molecule has 4 rings (SSSR count). The van der Waals surface area contributed by atoms with Gasteiger partial charge in [0.1, 0.15) is 4.90 Å². The summed E-state index contributed by atoms with van der Waals surface area (Å²) in [7, 11) is -1.98. The van der Waals surface area contributed by atoms with Crippen LogP contribution in [-0.4, -0.2) is 67.4 Å². The Hall–Kier alpha value is -2.03. The van der Waals surface area contributed by atoms with Gasteiger partial charge >= 0.3 is 0 Å². The van der Waals surface area contributed by atoms with Crippen LogP contribution in [0.15, 0.2) is 29.2 Å². The maximum atomic E-state index is 13.7. The van der Waals surface area contributed by atoms with E-state index in [0.29, 0.717) is 61.2 Å². The van der Waals surface area contributed by atoms with Crippen LogP contribution < -0.4 is 4.90 Å². The third kappa shape index (κ3) is 3.97. The Bertz CT molecular complexity index is 1100. The van der Waals surface area contributed by atoms with Crippen molar-refractivity contribution in [1.29, 1.82) is 0 Å². The first-order valence-corrected chi connectivity index (χ1v) is 12.5. The molecule has 1 aromatic carbocycles. The minimum Gasteiger partial charge on any atom is -0.369 e. The molecule has 0 bridgehead atoms. The minimum atomic E-state index is -3.80. The third-order valence-corrected chi connectivity index (χ3v) is 8.84. The number of carbonyl (C=O) groups is 1. The molecule has 2 aromatic rings. The fraction of sp³-hybridized carbons (Fsp3) is 0.500. The largest absolute Gasteiger partial charge is 0.369 e. The number of amides is 1. The number of benzene rings is 1. The lowest BCUT2D eigenvalue weighted by Crippen LogP contribution is -2.49. The van der Waals surface area contributed by atoms with Gasteiger partial charge < -0.3 is 14.4 Å². The molecule has 2 aliphatic heterocycles. The number of hydrogen-bond acceptors (Lipinski definition) is 4. The van der Waals surface area contributed by atoms with Crippen LogP contribution in [0.4, 0.5) is 5.69 Å². The van der Waals surface area contributed by atoms with Gasteiger partial charge in [-0.05, 0) is 44.9 Å². The van der Waals surface area contributed by atoms with Gasteiger partial charge in [0.15, 0.2) is 0 Å². The molecule has 0 radical (unpaired) electrons. The first-order valence-electron chi connectivity index (χ1n) is 10.7. The molecule has 3 heterocycles. The fourth-order valence-corrected chi connectivity index (χ4v) is 6.64. The summed E-state index contributed by atoms with van der Waals surface area (Å²) < 4.78 is 30.8. The molecular weight excluding hydrogens is 436 g/mol. The molecule has 2 aliphatic rings. The number of halogens is 1. The standard InChI is InChI=1S/C22H29ClN4O3S/c1-16-20(22(28)26-9-4-5-10-26)21(17(2)24(16)3)31(29,30)27-13-11-25(12-14-27)19-8-6-7-18(23)15-19/h6-8,15H,4-5,9-14H2,1-3H3. The predicted molar refractivity (Wildman–Crippen MR) is 122 cm³/mol. The normalized spacial score (nSPS) is 18.1. The van der Waals surface area contributed by atoms with Crippen LogP contribution in [-0.2, 0) is 17.1 Å². The summed E-state index contributed by atoms with van der Waals surface area (Å²) >= 11 is 6.11. The van der Waals surface area contributed by atoms with Gasteiger partial charge in [-0.15, -0.1) is 0 Å². The Morgan fingerprint density at radius 1 is 0.968 bits per heavy atom. The quantitative estimate of drug-likeness (QED) is 0.697. The van der Waals surface area contributed by atoms with Gasteiger partial charge in [-0.25, -0.2) is 8.42 Å². The number of carbonyl (C=O) groups excluding carboxylic acids is 1. The minimum absolute atomic E-state index is 0.167. The van der Waals surface area contributed by atoms with Crippen LogP contribution in [0.2, 0.25) is 5.02 Å². The van der Waals surface area contributed by atoms with Crippen LogP contribution in [0.1, 0.15) is 34.6 Å². The Morgan fingerprint density at radius 3 is 2.23 bits per heavy atom. The molecule has 0 N–H and O–H groups in total. The predicted octanol–water partition coefficient (Wildman–Crippen LogP) is 3.04. The summed E-state index contributed by atoms with van der Waals surface area (Å²) in [6.45, 7) is 6.84. The monoisotopic (exact) mass is 464 g/mol. The Kier molecular flexibility index (Phi) is 6.07. The second kappa shape index (κ2) is 8.48. The number of anilines is 1. The van der Waals surface area contributed by atoms with E-state index in [9.17, 15) is 13.2 Å². The highest BCUT2D eigenvalue weighted by Gasteiger charge is 2.38. The highest BCUT2D eigenvalue weighted by molar-refractivity contribution is 7.89. The number of likely N-dealkylation sites (tertiary alicyclic amines) is 1. The zero-order chi connectivity index (χ0) is 22.3. The Labute approximate surface area is 189 Å². The molecule has 168 valence electrons. The average Bonchev–Trinajstić information content (AvgIpc) is 3.37. The van der Waals surface area contributed by atoms with Crippen LogP contribution >= 0.6 is 11.6 Å². The van der Waals surface area contributed by atoms with E-state index in [1.807, 2.05) is 42.8 Å². The molecule has 0 spiro atoms. The summed E-state index contributed by atoms with van der Waals surface area (Å²) in [5.74, 6) is -0.171. The van der Waals surface area contributed by atoms with Gasteiger partial charge in [0.25, 0.3) is 5.91 Å². The van der Waals surface area contributed by atoms with Crippen molar-refractivity contribution >= 4 is 33.2 Å². The molecule has 2 fully saturated rings. The van der Waals surface area contributed by atoms with Crippen molar-refractivity contribution in [3.8, 4) is 0 Å². The van der Waals surface area contributed by atoms with E-state index < -0.39 is 10.0 Å². The molecular formula is C22H29ClN4O3S. The van der Waals surface area contributed by atoms with Crippen molar-refractivity contribution in [3.63, 3.8) is 0 Å². The maximum Gasteiger partial charge on any atom is 0.257 e. The SMILES string of the molecule is Cc1c(C(=O)N2CCCC2)c(S(=O)(=O)N2CCN(c3cccc(Cl)c3)CC2)c(C)n1C. The summed E-state index contributed by atoms with van der Waals surface area (Å²) in [5.41, 5.74) is 2.63. The number of aromatic nitrogens is 1. The number of rotatable bonds is 4. The van der Waals surface area contributed by atoms with Crippen molar-refractivity contribution in [2.45, 2.75) is 31.6 Å². The van der Waals surface area contributed by atoms with Gasteiger partial charge in [-0.1, -0.05) is 17.7 Å². The highest BCUT2D eigenvalue weighted by atomic mass is 35.5. The van der Waals surface area contributed by atoms with Crippen molar-refractivity contribution in [3.05, 3.63) is 46.2 Å². The van der Waals surface area contributed by atoms with Crippen LogP contribution in [0.3, 0.4) is 0 Å². The maximum absolute atomic E-state index is 13.7. The number of hydrogen-bond donors (Lipinski definition) is 0. The Morgan fingerprint density at radius 2 is 1.61 bits per heavy atom. The van der Waals surface area contributed by atoms with E-state index in [0.717, 1.165) is 18.5 Å². The number of piperazine rings is 1. The second-order valence-electron chi connectivity index (χ2n) is 8.30. The molecule has 9 heteroatoms. The van der Waals surface area contributed by atoms with Crippen molar-refractivity contribution in [2.75, 3.05) is 44.2 Å². The van der Waals surface area contributed by atoms with Gasteiger partial charge in [0.2, 0.25) is 10.0 Å². The van der Waals surface area contributed by atoms with E-state index >= 15 is 0 Å². The molecule has 7 nitrogen and oxygen atoms in total. The summed E-state index contributed by atoms with van der Waals surface area (Å²) in [5, 5.41) is 0.660. The molecule has 0 saturated carbocycles. The van der Waals surface area contributed by atoms with Crippen LogP contribution in [0, 0.1) is 13.8 Å². The summed E-state index contributed by atoms with van der Waals surface area (Å²) in [6.07, 6.45) is 1.92. The van der Waals surface area contributed by atoms with E-state index in [2.05, 4.69) is 4.90 Å². The number of nitrogens with zero attached hydrogens (tertiary/aromatic N) is 4. The fourth-order valence-electron chi connectivity index (χ4n) is 4.55. The Balaban J connectivity index is 1.62. The smallest absolute Gasteiger partial charge is 0.257 e. The van der Waals surface area contributed by atoms with E-state index in [-0.39, 0.29) is 10.8 Å². The lowest BCUT2D eigenvalue weighted by atomic mass is 10.2. The second-order valence-corrected chi connectivity index (χ2v) is 10.6. The third-order valence-electron chi connectivity index (χ3n) is 6.54. The molecule has 1 aromatic heterocycles. The molecule has 0 atom stereocenters. The lowest BCUT2D eigenvalue weighted by Gasteiger charge is -2.35. The van der Waals surface area contributed by atoms with Gasteiger partial charge in [-0.3, -0.25) is 4.79 Å². The highest BCUT2D eigenvalue weighted by Crippen LogP contribution is 2.32. The van der Waals surface area contributed by atoms with Gasteiger partial charge in [0.05, 0.1) is 5.56 Å². The van der Waals surface area contributed by atoms with E-state index in [4.69, 9.17) is 11.6 Å². The van der Waals surface area contributed by atoms with Crippen molar-refractivity contribution < 1.29 is 13.2 Å². The summed E-state index contributed by atoms with van der Waals surface area (Å²) in [4.78, 5) is 17.3. The van der Waals surface area contributed by atoms with Gasteiger partial charge in [0, 0.05) is 68.4 Å². The van der Waals surface area contributed by atoms with E-state index in [1.54, 1.807) is 11.8 Å². The molecule has 1 amide bonds.